The molecule has 2 nitrogen and oxygen atoms in total. The molecule has 0 bridgehead atoms. The molecule has 90 valence electrons. The van der Waals surface area contributed by atoms with E-state index in [4.69, 9.17) is 0 Å². The summed E-state index contributed by atoms with van der Waals surface area (Å²) in [5, 5.41) is 1.15. The lowest BCUT2D eigenvalue weighted by Gasteiger charge is -2.14. The average Bonchev–Trinajstić information content (AvgIpc) is 3.08. The number of aromatic amines is 1. The zero-order valence-electron chi connectivity index (χ0n) is 10.0. The van der Waals surface area contributed by atoms with Crippen molar-refractivity contribution in [2.75, 3.05) is 13.6 Å². The largest absolute Gasteiger partial charge is 0.361 e. The van der Waals surface area contributed by atoms with Crippen LogP contribution in [0.15, 0.2) is 24.4 Å². The van der Waals surface area contributed by atoms with E-state index in [1.54, 1.807) is 6.07 Å². The Morgan fingerprint density at radius 3 is 3.00 bits per heavy atom. The minimum Gasteiger partial charge on any atom is -0.361 e. The van der Waals surface area contributed by atoms with Crippen molar-refractivity contribution in [3.05, 3.63) is 35.8 Å². The predicted octanol–water partition coefficient (Wildman–Crippen LogP) is 2.94. The second-order valence-electron chi connectivity index (χ2n) is 4.97. The lowest BCUT2D eigenvalue weighted by molar-refractivity contribution is 0.329. The van der Waals surface area contributed by atoms with Crippen molar-refractivity contribution < 1.29 is 4.39 Å². The maximum absolute atomic E-state index is 13.0. The number of benzene rings is 1. The first kappa shape index (κ1) is 10.8. The summed E-state index contributed by atoms with van der Waals surface area (Å²) < 4.78 is 13.0. The Balaban J connectivity index is 1.76. The van der Waals surface area contributed by atoms with Crippen LogP contribution in [-0.2, 0) is 6.42 Å². The van der Waals surface area contributed by atoms with Crippen LogP contribution in [0.5, 0.6) is 0 Å². The molecule has 2 aromatic rings. The van der Waals surface area contributed by atoms with Gasteiger partial charge in [0.15, 0.2) is 0 Å². The first-order valence-corrected chi connectivity index (χ1v) is 6.20. The van der Waals surface area contributed by atoms with Gasteiger partial charge in [0, 0.05) is 29.7 Å². The number of hydrogen-bond donors (Lipinski definition) is 1. The van der Waals surface area contributed by atoms with Crippen LogP contribution in [0, 0.1) is 5.82 Å². The standard InChI is InChI=1S/C14H17FN2/c1-17(12-3-4-12)7-6-10-9-16-14-8-11(15)2-5-13(10)14/h2,5,8-9,12,16H,3-4,6-7H2,1H3. The summed E-state index contributed by atoms with van der Waals surface area (Å²) in [5.74, 6) is -0.180. The summed E-state index contributed by atoms with van der Waals surface area (Å²) in [4.78, 5) is 5.56. The molecule has 1 aliphatic rings. The highest BCUT2D eigenvalue weighted by molar-refractivity contribution is 5.83. The van der Waals surface area contributed by atoms with Crippen LogP contribution in [0.4, 0.5) is 4.39 Å². The highest BCUT2D eigenvalue weighted by Gasteiger charge is 2.25. The van der Waals surface area contributed by atoms with Crippen LogP contribution in [0.1, 0.15) is 18.4 Å². The molecule has 0 spiro atoms. The van der Waals surface area contributed by atoms with Gasteiger partial charge in [0.25, 0.3) is 0 Å². The van der Waals surface area contributed by atoms with Gasteiger partial charge in [-0.25, -0.2) is 4.39 Å². The van der Waals surface area contributed by atoms with E-state index in [0.717, 1.165) is 29.9 Å². The Bertz CT molecular complexity index is 528. The van der Waals surface area contributed by atoms with Gasteiger partial charge in [-0.05, 0) is 50.1 Å². The summed E-state index contributed by atoms with van der Waals surface area (Å²) in [5.41, 5.74) is 2.18. The minimum atomic E-state index is -0.180. The van der Waals surface area contributed by atoms with Gasteiger partial charge in [-0.3, -0.25) is 0 Å². The molecular weight excluding hydrogens is 215 g/mol. The molecule has 0 aliphatic heterocycles. The quantitative estimate of drug-likeness (QED) is 0.858. The summed E-state index contributed by atoms with van der Waals surface area (Å²) in [6, 6.07) is 5.76. The Morgan fingerprint density at radius 1 is 1.41 bits per heavy atom. The molecule has 1 aromatic carbocycles. The summed E-state index contributed by atoms with van der Waals surface area (Å²) >= 11 is 0. The molecule has 1 heterocycles. The molecule has 0 radical (unpaired) electrons. The number of aromatic nitrogens is 1. The summed E-state index contributed by atoms with van der Waals surface area (Å²) in [6.45, 7) is 1.08. The Kier molecular flexibility index (Phi) is 2.63. The number of hydrogen-bond acceptors (Lipinski definition) is 1. The predicted molar refractivity (Wildman–Crippen MR) is 67.6 cm³/mol. The summed E-state index contributed by atoms with van der Waals surface area (Å²) in [6.07, 6.45) is 5.72. The second kappa shape index (κ2) is 4.15. The van der Waals surface area contributed by atoms with Gasteiger partial charge in [-0.15, -0.1) is 0 Å². The number of fused-ring (bicyclic) bond motifs is 1. The van der Waals surface area contributed by atoms with E-state index >= 15 is 0 Å². The maximum atomic E-state index is 13.0. The van der Waals surface area contributed by atoms with Crippen molar-refractivity contribution in [3.8, 4) is 0 Å². The van der Waals surface area contributed by atoms with Crippen LogP contribution < -0.4 is 0 Å². The number of likely N-dealkylation sites (N-methyl/N-ethyl adjacent to an activating group) is 1. The van der Waals surface area contributed by atoms with Gasteiger partial charge in [-0.1, -0.05) is 0 Å². The molecule has 0 atom stereocenters. The van der Waals surface area contributed by atoms with Crippen molar-refractivity contribution in [2.45, 2.75) is 25.3 Å². The molecule has 17 heavy (non-hydrogen) atoms. The van der Waals surface area contributed by atoms with Crippen molar-refractivity contribution >= 4 is 10.9 Å². The lowest BCUT2D eigenvalue weighted by Crippen LogP contribution is -2.23. The zero-order chi connectivity index (χ0) is 11.8. The van der Waals surface area contributed by atoms with Gasteiger partial charge in [0.1, 0.15) is 5.82 Å². The van der Waals surface area contributed by atoms with Crippen molar-refractivity contribution in [3.63, 3.8) is 0 Å². The minimum absolute atomic E-state index is 0.180. The average molecular weight is 232 g/mol. The molecule has 1 aliphatic carbocycles. The molecule has 3 rings (SSSR count). The third kappa shape index (κ3) is 2.20. The molecule has 0 unspecified atom stereocenters. The van der Waals surface area contributed by atoms with Gasteiger partial charge in [0.05, 0.1) is 0 Å². The number of nitrogens with one attached hydrogen (secondary N) is 1. The molecule has 3 heteroatoms. The number of halogens is 1. The van der Waals surface area contributed by atoms with E-state index in [9.17, 15) is 4.39 Å². The molecule has 1 fully saturated rings. The van der Waals surface area contributed by atoms with E-state index in [0.29, 0.717) is 0 Å². The Hall–Kier alpha value is -1.35. The maximum Gasteiger partial charge on any atom is 0.125 e. The topological polar surface area (TPSA) is 19.0 Å². The lowest BCUT2D eigenvalue weighted by atomic mass is 10.1. The van der Waals surface area contributed by atoms with Gasteiger partial charge >= 0.3 is 0 Å². The van der Waals surface area contributed by atoms with Gasteiger partial charge in [-0.2, -0.15) is 0 Å². The smallest absolute Gasteiger partial charge is 0.125 e. The number of nitrogens with zero attached hydrogens (tertiary/aromatic N) is 1. The van der Waals surface area contributed by atoms with Crippen LogP contribution in [0.25, 0.3) is 10.9 Å². The fraction of sp³-hybridized carbons (Fsp3) is 0.429. The molecule has 0 saturated heterocycles. The normalized spacial score (nSPS) is 15.9. The fourth-order valence-electron chi connectivity index (χ4n) is 2.36. The molecular formula is C14H17FN2. The third-order valence-corrected chi connectivity index (χ3v) is 3.63. The van der Waals surface area contributed by atoms with E-state index < -0.39 is 0 Å². The third-order valence-electron chi connectivity index (χ3n) is 3.63. The second-order valence-corrected chi connectivity index (χ2v) is 4.97. The van der Waals surface area contributed by atoms with Gasteiger partial charge < -0.3 is 9.88 Å². The summed E-state index contributed by atoms with van der Waals surface area (Å²) in [7, 11) is 2.19. The van der Waals surface area contributed by atoms with Crippen molar-refractivity contribution in [2.24, 2.45) is 0 Å². The highest BCUT2D eigenvalue weighted by atomic mass is 19.1. The van der Waals surface area contributed by atoms with Crippen LogP contribution in [0.3, 0.4) is 0 Å². The molecule has 1 aromatic heterocycles. The molecule has 0 amide bonds. The number of rotatable bonds is 4. The van der Waals surface area contributed by atoms with E-state index in [2.05, 4.69) is 16.9 Å². The first-order chi connectivity index (χ1) is 8.24. The van der Waals surface area contributed by atoms with Crippen LogP contribution in [0.2, 0.25) is 0 Å². The van der Waals surface area contributed by atoms with Crippen molar-refractivity contribution in [1.82, 2.24) is 9.88 Å². The number of H-pyrrole nitrogens is 1. The van der Waals surface area contributed by atoms with Crippen LogP contribution >= 0.6 is 0 Å². The highest BCUT2D eigenvalue weighted by Crippen LogP contribution is 2.26. The Morgan fingerprint density at radius 2 is 2.24 bits per heavy atom. The van der Waals surface area contributed by atoms with Crippen molar-refractivity contribution in [1.29, 1.82) is 0 Å². The SMILES string of the molecule is CN(CCc1c[nH]c2cc(F)ccc12)C1CC1. The molecule has 1 saturated carbocycles. The van der Waals surface area contributed by atoms with Crippen LogP contribution in [-0.4, -0.2) is 29.5 Å². The Labute approximate surface area is 100 Å². The van der Waals surface area contributed by atoms with E-state index in [-0.39, 0.29) is 5.82 Å². The van der Waals surface area contributed by atoms with Gasteiger partial charge in [0.2, 0.25) is 0 Å². The molecule has 1 N–H and O–H groups in total. The first-order valence-electron chi connectivity index (χ1n) is 6.20. The van der Waals surface area contributed by atoms with E-state index in [1.807, 2.05) is 12.3 Å². The zero-order valence-corrected chi connectivity index (χ0v) is 10.0. The fourth-order valence-corrected chi connectivity index (χ4v) is 2.36. The van der Waals surface area contributed by atoms with E-state index in [1.165, 1.54) is 24.5 Å². The monoisotopic (exact) mass is 232 g/mol.